The molecular formula is C14H18N2O2. The monoisotopic (exact) mass is 246 g/mol. The maximum absolute atomic E-state index is 12.0. The Bertz CT molecular complexity index is 497. The van der Waals surface area contributed by atoms with Gasteiger partial charge in [0, 0.05) is 24.3 Å². The Hall–Kier alpha value is -1.84. The zero-order valence-electron chi connectivity index (χ0n) is 11.0. The van der Waals surface area contributed by atoms with Crippen LogP contribution in [0.2, 0.25) is 0 Å². The lowest BCUT2D eigenvalue weighted by Crippen LogP contribution is -2.31. The number of anilines is 1. The number of hydrogen-bond acceptors (Lipinski definition) is 2. The molecule has 0 aliphatic carbocycles. The first-order chi connectivity index (χ1) is 8.52. The first-order valence-corrected chi connectivity index (χ1v) is 6.23. The zero-order chi connectivity index (χ0) is 13.3. The topological polar surface area (TPSA) is 49.4 Å². The van der Waals surface area contributed by atoms with E-state index in [0.29, 0.717) is 12.0 Å². The summed E-state index contributed by atoms with van der Waals surface area (Å²) in [5, 5.41) is 2.92. The van der Waals surface area contributed by atoms with Gasteiger partial charge in [0.15, 0.2) is 0 Å². The summed E-state index contributed by atoms with van der Waals surface area (Å²) in [5.74, 6) is -0.00126. The molecule has 0 fully saturated rings. The molecule has 4 nitrogen and oxygen atoms in total. The van der Waals surface area contributed by atoms with Gasteiger partial charge < -0.3 is 10.2 Å². The van der Waals surface area contributed by atoms with E-state index in [4.69, 9.17) is 0 Å². The van der Waals surface area contributed by atoms with E-state index in [0.717, 1.165) is 17.7 Å². The summed E-state index contributed by atoms with van der Waals surface area (Å²) in [6.07, 6.45) is 1.29. The number of benzene rings is 1. The number of carbonyl (C=O) groups excluding carboxylic acids is 2. The fourth-order valence-corrected chi connectivity index (χ4v) is 2.02. The molecule has 0 aromatic heterocycles. The minimum absolute atomic E-state index is 0.0736. The molecule has 1 aromatic rings. The fourth-order valence-electron chi connectivity index (χ4n) is 2.02. The molecule has 1 atom stereocenters. The van der Waals surface area contributed by atoms with Crippen LogP contribution in [0.3, 0.4) is 0 Å². The van der Waals surface area contributed by atoms with Crippen molar-refractivity contribution in [3.8, 4) is 0 Å². The quantitative estimate of drug-likeness (QED) is 0.883. The Kier molecular flexibility index (Phi) is 3.36. The Morgan fingerprint density at radius 1 is 1.50 bits per heavy atom. The number of carbonyl (C=O) groups is 2. The Labute approximate surface area is 107 Å². The summed E-state index contributed by atoms with van der Waals surface area (Å²) < 4.78 is 0. The van der Waals surface area contributed by atoms with E-state index in [1.807, 2.05) is 26.0 Å². The summed E-state index contributed by atoms with van der Waals surface area (Å²) in [6.45, 7) is 4.00. The largest absolute Gasteiger partial charge is 0.350 e. The molecule has 0 saturated carbocycles. The number of amides is 2. The van der Waals surface area contributed by atoms with Crippen LogP contribution < -0.4 is 10.2 Å². The van der Waals surface area contributed by atoms with Gasteiger partial charge >= 0.3 is 0 Å². The van der Waals surface area contributed by atoms with Crippen molar-refractivity contribution in [2.75, 3.05) is 11.9 Å². The van der Waals surface area contributed by atoms with Gasteiger partial charge in [-0.2, -0.15) is 0 Å². The molecule has 0 spiro atoms. The van der Waals surface area contributed by atoms with Gasteiger partial charge in [-0.05, 0) is 37.1 Å². The van der Waals surface area contributed by atoms with Gasteiger partial charge in [-0.25, -0.2) is 0 Å². The summed E-state index contributed by atoms with van der Waals surface area (Å²) in [5.41, 5.74) is 2.46. The van der Waals surface area contributed by atoms with Crippen LogP contribution >= 0.6 is 0 Å². The van der Waals surface area contributed by atoms with Gasteiger partial charge in [-0.1, -0.05) is 6.92 Å². The van der Waals surface area contributed by atoms with Crippen molar-refractivity contribution in [3.05, 3.63) is 29.3 Å². The lowest BCUT2D eigenvalue weighted by atomic mass is 10.1. The second-order valence-corrected chi connectivity index (χ2v) is 4.76. The second kappa shape index (κ2) is 4.80. The molecule has 0 bridgehead atoms. The molecule has 0 radical (unpaired) electrons. The van der Waals surface area contributed by atoms with Crippen molar-refractivity contribution in [1.29, 1.82) is 0 Å². The minimum atomic E-state index is -0.0749. The van der Waals surface area contributed by atoms with Gasteiger partial charge in [0.1, 0.15) is 0 Å². The molecule has 2 amide bonds. The number of nitrogens with zero attached hydrogens (tertiary/aromatic N) is 1. The van der Waals surface area contributed by atoms with Crippen LogP contribution in [0.25, 0.3) is 0 Å². The van der Waals surface area contributed by atoms with Crippen molar-refractivity contribution in [2.45, 2.75) is 32.7 Å². The smallest absolute Gasteiger partial charge is 0.251 e. The maximum Gasteiger partial charge on any atom is 0.251 e. The van der Waals surface area contributed by atoms with E-state index < -0.39 is 0 Å². The molecule has 1 N–H and O–H groups in total. The van der Waals surface area contributed by atoms with Crippen LogP contribution in [0.4, 0.5) is 5.69 Å². The van der Waals surface area contributed by atoms with Gasteiger partial charge in [0.25, 0.3) is 5.91 Å². The van der Waals surface area contributed by atoms with Crippen molar-refractivity contribution in [1.82, 2.24) is 5.32 Å². The van der Waals surface area contributed by atoms with Gasteiger partial charge in [0.05, 0.1) is 6.42 Å². The van der Waals surface area contributed by atoms with Crippen molar-refractivity contribution in [2.24, 2.45) is 0 Å². The molecule has 4 heteroatoms. The number of hydrogen-bond donors (Lipinski definition) is 1. The molecule has 0 unspecified atom stereocenters. The van der Waals surface area contributed by atoms with Gasteiger partial charge in [-0.15, -0.1) is 0 Å². The van der Waals surface area contributed by atoms with Crippen LogP contribution in [-0.4, -0.2) is 24.9 Å². The normalized spacial score (nSPS) is 15.5. The summed E-state index contributed by atoms with van der Waals surface area (Å²) in [4.78, 5) is 25.2. The van der Waals surface area contributed by atoms with Crippen LogP contribution in [0, 0.1) is 0 Å². The Morgan fingerprint density at radius 3 is 2.89 bits per heavy atom. The lowest BCUT2D eigenvalue weighted by molar-refractivity contribution is -0.117. The summed E-state index contributed by atoms with van der Waals surface area (Å²) in [6, 6.07) is 5.58. The number of likely N-dealkylation sites (N-methyl/N-ethyl adjacent to an activating group) is 1. The van der Waals surface area contributed by atoms with Crippen LogP contribution in [-0.2, 0) is 11.2 Å². The number of rotatable bonds is 3. The third-order valence-corrected chi connectivity index (χ3v) is 3.41. The number of nitrogens with one attached hydrogen (secondary N) is 1. The second-order valence-electron chi connectivity index (χ2n) is 4.76. The van der Waals surface area contributed by atoms with Crippen molar-refractivity contribution in [3.63, 3.8) is 0 Å². The molecule has 0 saturated heterocycles. The molecule has 2 rings (SSSR count). The van der Waals surface area contributed by atoms with Gasteiger partial charge in [-0.3, -0.25) is 9.59 Å². The molecule has 1 heterocycles. The van der Waals surface area contributed by atoms with E-state index in [1.54, 1.807) is 18.0 Å². The van der Waals surface area contributed by atoms with E-state index in [-0.39, 0.29) is 17.9 Å². The molecular weight excluding hydrogens is 228 g/mol. The average Bonchev–Trinajstić information content (AvgIpc) is 2.64. The fraction of sp³-hybridized carbons (Fsp3) is 0.429. The maximum atomic E-state index is 12.0. The zero-order valence-corrected chi connectivity index (χ0v) is 11.0. The van der Waals surface area contributed by atoms with Crippen LogP contribution in [0.5, 0.6) is 0 Å². The van der Waals surface area contributed by atoms with Crippen LogP contribution in [0.15, 0.2) is 18.2 Å². The molecule has 96 valence electrons. The highest BCUT2D eigenvalue weighted by Crippen LogP contribution is 2.28. The van der Waals surface area contributed by atoms with E-state index in [1.165, 1.54) is 0 Å². The van der Waals surface area contributed by atoms with Crippen molar-refractivity contribution < 1.29 is 9.59 Å². The molecule has 1 aliphatic heterocycles. The summed E-state index contributed by atoms with van der Waals surface area (Å²) >= 11 is 0. The molecule has 1 aromatic carbocycles. The van der Waals surface area contributed by atoms with Gasteiger partial charge in [0.2, 0.25) is 5.91 Å². The van der Waals surface area contributed by atoms with E-state index in [2.05, 4.69) is 5.32 Å². The summed E-state index contributed by atoms with van der Waals surface area (Å²) in [7, 11) is 1.76. The Morgan fingerprint density at radius 2 is 2.22 bits per heavy atom. The first kappa shape index (κ1) is 12.6. The first-order valence-electron chi connectivity index (χ1n) is 6.23. The van der Waals surface area contributed by atoms with Crippen LogP contribution in [0.1, 0.15) is 36.2 Å². The predicted octanol–water partition coefficient (Wildman–Crippen LogP) is 1.73. The number of fused-ring (bicyclic) bond motifs is 1. The predicted molar refractivity (Wildman–Crippen MR) is 70.8 cm³/mol. The third-order valence-electron chi connectivity index (χ3n) is 3.41. The minimum Gasteiger partial charge on any atom is -0.350 e. The van der Waals surface area contributed by atoms with Crippen molar-refractivity contribution >= 4 is 17.5 Å². The average molecular weight is 246 g/mol. The SMILES string of the molecule is CC[C@H](C)NC(=O)c1ccc2c(c1)CC(=O)N2C. The molecule has 1 aliphatic rings. The lowest BCUT2D eigenvalue weighted by Gasteiger charge is -2.13. The highest BCUT2D eigenvalue weighted by atomic mass is 16.2. The van der Waals surface area contributed by atoms with E-state index in [9.17, 15) is 9.59 Å². The Balaban J connectivity index is 2.20. The molecule has 18 heavy (non-hydrogen) atoms. The highest BCUT2D eigenvalue weighted by Gasteiger charge is 2.24. The third kappa shape index (κ3) is 2.23. The standard InChI is InChI=1S/C14H18N2O2/c1-4-9(2)15-14(18)10-5-6-12-11(7-10)8-13(17)16(12)3/h5-7,9H,4,8H2,1-3H3,(H,15,18)/t9-/m0/s1. The van der Waals surface area contributed by atoms with E-state index >= 15 is 0 Å². The highest BCUT2D eigenvalue weighted by molar-refractivity contribution is 6.03.